The van der Waals surface area contributed by atoms with Gasteiger partial charge in [-0.1, -0.05) is 23.8 Å². The van der Waals surface area contributed by atoms with Crippen LogP contribution >= 0.6 is 12.2 Å². The van der Waals surface area contributed by atoms with E-state index >= 15 is 0 Å². The molecule has 3 aromatic rings. The molecule has 37 heavy (non-hydrogen) atoms. The van der Waals surface area contributed by atoms with Crippen molar-refractivity contribution in [3.63, 3.8) is 0 Å². The van der Waals surface area contributed by atoms with Crippen molar-refractivity contribution >= 4 is 40.9 Å². The Labute approximate surface area is 220 Å². The number of thiocarbonyl (C=S) groups is 1. The summed E-state index contributed by atoms with van der Waals surface area (Å²) in [5.41, 5.74) is 2.94. The van der Waals surface area contributed by atoms with Gasteiger partial charge in [0, 0.05) is 5.56 Å². The molecular weight excluding hydrogens is 492 g/mol. The van der Waals surface area contributed by atoms with Crippen molar-refractivity contribution in [2.24, 2.45) is 0 Å². The average Bonchev–Trinajstić information content (AvgIpc) is 2.90. The largest absolute Gasteiger partial charge is 0.497 e. The fourth-order valence-electron chi connectivity index (χ4n) is 3.80. The van der Waals surface area contributed by atoms with Crippen molar-refractivity contribution in [1.82, 2.24) is 5.32 Å². The Hall–Kier alpha value is -4.37. The van der Waals surface area contributed by atoms with E-state index in [1.54, 1.807) is 50.6 Å². The van der Waals surface area contributed by atoms with E-state index in [1.165, 1.54) is 18.1 Å². The predicted octanol–water partition coefficient (Wildman–Crippen LogP) is 4.43. The Kier molecular flexibility index (Phi) is 7.74. The molecule has 1 N–H and O–H groups in total. The molecule has 0 spiro atoms. The molecule has 0 saturated carbocycles. The fraction of sp³-hybridized carbons (Fsp3) is 0.179. The maximum Gasteiger partial charge on any atom is 0.270 e. The summed E-state index contributed by atoms with van der Waals surface area (Å²) >= 11 is 5.27. The number of nitrogens with zero attached hydrogens (tertiary/aromatic N) is 1. The quantitative estimate of drug-likeness (QED) is 0.268. The van der Waals surface area contributed by atoms with E-state index in [-0.39, 0.29) is 17.3 Å². The number of benzene rings is 3. The minimum atomic E-state index is -0.567. The van der Waals surface area contributed by atoms with Crippen LogP contribution in [0.5, 0.6) is 23.0 Å². The average molecular weight is 519 g/mol. The molecular formula is C28H26N2O6S. The highest BCUT2D eigenvalue weighted by Crippen LogP contribution is 2.32. The first-order valence-corrected chi connectivity index (χ1v) is 11.7. The number of nitrogens with one attached hydrogen (secondary N) is 1. The first-order chi connectivity index (χ1) is 17.8. The Morgan fingerprint density at radius 1 is 0.865 bits per heavy atom. The number of aryl methyl sites for hydroxylation is 1. The van der Waals surface area contributed by atoms with E-state index in [4.69, 9.17) is 31.2 Å². The van der Waals surface area contributed by atoms with Crippen molar-refractivity contribution in [3.05, 3.63) is 82.9 Å². The van der Waals surface area contributed by atoms with Crippen molar-refractivity contribution < 1.29 is 28.5 Å². The van der Waals surface area contributed by atoms with Gasteiger partial charge in [-0.3, -0.25) is 19.8 Å². The van der Waals surface area contributed by atoms with Crippen LogP contribution in [0.3, 0.4) is 0 Å². The van der Waals surface area contributed by atoms with Gasteiger partial charge in [-0.05, 0) is 73.2 Å². The second-order valence-electron chi connectivity index (χ2n) is 8.17. The van der Waals surface area contributed by atoms with Crippen molar-refractivity contribution in [1.29, 1.82) is 0 Å². The van der Waals surface area contributed by atoms with Gasteiger partial charge >= 0.3 is 0 Å². The third kappa shape index (κ3) is 5.57. The topological polar surface area (TPSA) is 86.3 Å². The summed E-state index contributed by atoms with van der Waals surface area (Å²) in [6, 6.07) is 17.9. The van der Waals surface area contributed by atoms with Gasteiger partial charge in [0.15, 0.2) is 16.6 Å². The van der Waals surface area contributed by atoms with Crippen molar-refractivity contribution in [3.8, 4) is 23.0 Å². The monoisotopic (exact) mass is 518 g/mol. The summed E-state index contributed by atoms with van der Waals surface area (Å²) in [5, 5.41) is 2.63. The number of amides is 2. The molecule has 8 nitrogen and oxygen atoms in total. The first kappa shape index (κ1) is 25.7. The number of anilines is 1. The third-order valence-electron chi connectivity index (χ3n) is 5.76. The number of carbonyl (C=O) groups excluding carboxylic acids is 2. The summed E-state index contributed by atoms with van der Waals surface area (Å²) in [6.07, 6.45) is 1.50. The Morgan fingerprint density at radius 3 is 2.24 bits per heavy atom. The second-order valence-corrected chi connectivity index (χ2v) is 8.56. The van der Waals surface area contributed by atoms with E-state index in [0.717, 1.165) is 11.1 Å². The molecule has 0 atom stereocenters. The highest BCUT2D eigenvalue weighted by molar-refractivity contribution is 7.80. The molecule has 190 valence electrons. The number of ether oxygens (including phenoxy) is 4. The highest BCUT2D eigenvalue weighted by Gasteiger charge is 2.34. The van der Waals surface area contributed by atoms with Crippen LogP contribution < -0.4 is 29.2 Å². The van der Waals surface area contributed by atoms with Crippen LogP contribution in [-0.2, 0) is 16.2 Å². The zero-order valence-corrected chi connectivity index (χ0v) is 21.7. The van der Waals surface area contributed by atoms with E-state index < -0.39 is 11.8 Å². The molecule has 1 fully saturated rings. The second kappa shape index (κ2) is 11.1. The minimum Gasteiger partial charge on any atom is -0.497 e. The van der Waals surface area contributed by atoms with Gasteiger partial charge in [0.25, 0.3) is 11.8 Å². The fourth-order valence-corrected chi connectivity index (χ4v) is 4.08. The minimum absolute atomic E-state index is 0.0327. The van der Waals surface area contributed by atoms with Gasteiger partial charge in [-0.25, -0.2) is 0 Å². The van der Waals surface area contributed by atoms with E-state index in [0.29, 0.717) is 34.2 Å². The van der Waals surface area contributed by atoms with Gasteiger partial charge in [0.05, 0.1) is 27.0 Å². The van der Waals surface area contributed by atoms with Gasteiger partial charge in [0.1, 0.15) is 23.7 Å². The third-order valence-corrected chi connectivity index (χ3v) is 6.05. The van der Waals surface area contributed by atoms with E-state index in [9.17, 15) is 9.59 Å². The van der Waals surface area contributed by atoms with Crippen molar-refractivity contribution in [2.45, 2.75) is 13.5 Å². The van der Waals surface area contributed by atoms with E-state index in [1.807, 2.05) is 31.2 Å². The molecule has 0 radical (unpaired) electrons. The smallest absolute Gasteiger partial charge is 0.270 e. The lowest BCUT2D eigenvalue weighted by atomic mass is 10.1. The zero-order valence-electron chi connectivity index (χ0n) is 20.9. The maximum absolute atomic E-state index is 13.3. The van der Waals surface area contributed by atoms with Crippen LogP contribution in [0.2, 0.25) is 0 Å². The Morgan fingerprint density at radius 2 is 1.57 bits per heavy atom. The molecule has 3 aromatic carbocycles. The van der Waals surface area contributed by atoms with Crippen LogP contribution in [0.25, 0.3) is 6.08 Å². The predicted molar refractivity (Wildman–Crippen MR) is 144 cm³/mol. The van der Waals surface area contributed by atoms with Gasteiger partial charge in [-0.15, -0.1) is 0 Å². The molecule has 1 saturated heterocycles. The van der Waals surface area contributed by atoms with Gasteiger partial charge in [-0.2, -0.15) is 0 Å². The lowest BCUT2D eigenvalue weighted by Crippen LogP contribution is -2.54. The van der Waals surface area contributed by atoms with Crippen LogP contribution in [0.15, 0.2) is 66.2 Å². The normalized spacial score (nSPS) is 14.4. The summed E-state index contributed by atoms with van der Waals surface area (Å²) in [5.74, 6) is 1.19. The zero-order chi connectivity index (χ0) is 26.5. The molecule has 0 bridgehead atoms. The summed E-state index contributed by atoms with van der Waals surface area (Å²) in [6.45, 7) is 2.15. The molecule has 0 aromatic heterocycles. The van der Waals surface area contributed by atoms with E-state index in [2.05, 4.69) is 5.32 Å². The molecule has 1 aliphatic heterocycles. The summed E-state index contributed by atoms with van der Waals surface area (Å²) in [7, 11) is 4.69. The number of hydrogen-bond donors (Lipinski definition) is 1. The molecule has 1 heterocycles. The maximum atomic E-state index is 13.3. The SMILES string of the molecule is COc1ccc(OC)c(COc2ccc(/C=C3\C(=O)NC(=S)N(c4ccc(C)cc4)C3=O)cc2OC)c1. The highest BCUT2D eigenvalue weighted by atomic mass is 32.1. The van der Waals surface area contributed by atoms with Crippen molar-refractivity contribution in [2.75, 3.05) is 26.2 Å². The Bertz CT molecular complexity index is 1380. The molecule has 4 rings (SSSR count). The number of hydrogen-bond acceptors (Lipinski definition) is 7. The first-order valence-electron chi connectivity index (χ1n) is 11.3. The van der Waals surface area contributed by atoms with Gasteiger partial charge < -0.3 is 18.9 Å². The summed E-state index contributed by atoms with van der Waals surface area (Å²) in [4.78, 5) is 27.2. The van der Waals surface area contributed by atoms with Gasteiger partial charge in [0.2, 0.25) is 0 Å². The standard InChI is InChI=1S/C28H26N2O6S/c1-17-5-8-20(9-6-17)30-27(32)22(26(31)29-28(30)37)13-18-7-11-24(25(14-18)35-4)36-16-19-15-21(33-2)10-12-23(19)34-3/h5-15H,16H2,1-4H3,(H,29,31,37)/b22-13+. The number of methoxy groups -OCH3 is 3. The molecule has 0 aliphatic carbocycles. The molecule has 0 unspecified atom stereocenters. The van der Waals surface area contributed by atoms with Crippen LogP contribution in [0, 0.1) is 6.92 Å². The number of carbonyl (C=O) groups is 2. The van der Waals surface area contributed by atoms with Crippen LogP contribution in [0.1, 0.15) is 16.7 Å². The Balaban J connectivity index is 1.59. The molecule has 2 amide bonds. The lowest BCUT2D eigenvalue weighted by molar-refractivity contribution is -0.122. The van der Waals surface area contributed by atoms with Crippen LogP contribution in [0.4, 0.5) is 5.69 Å². The molecule has 1 aliphatic rings. The van der Waals surface area contributed by atoms with Crippen LogP contribution in [-0.4, -0.2) is 38.3 Å². The summed E-state index contributed by atoms with van der Waals surface area (Å²) < 4.78 is 22.2. The lowest BCUT2D eigenvalue weighted by Gasteiger charge is -2.29. The molecule has 9 heteroatoms. The number of rotatable bonds is 8.